The SMILES string of the molecule is CC/C(OC)=C(/C#N)C(=O)OC. The van der Waals surface area contributed by atoms with Crippen LogP contribution in [0.1, 0.15) is 13.3 Å². The highest BCUT2D eigenvalue weighted by Gasteiger charge is 2.14. The van der Waals surface area contributed by atoms with Crippen LogP contribution in [0.3, 0.4) is 0 Å². The van der Waals surface area contributed by atoms with Gasteiger partial charge in [-0.25, -0.2) is 4.79 Å². The average molecular weight is 169 g/mol. The molecule has 0 aliphatic rings. The number of allylic oxidation sites excluding steroid dienone is 1. The highest BCUT2D eigenvalue weighted by atomic mass is 16.5. The van der Waals surface area contributed by atoms with Gasteiger partial charge < -0.3 is 9.47 Å². The highest BCUT2D eigenvalue weighted by Crippen LogP contribution is 2.09. The first-order valence-corrected chi connectivity index (χ1v) is 3.46. The van der Waals surface area contributed by atoms with Crippen LogP contribution in [0.15, 0.2) is 11.3 Å². The average Bonchev–Trinajstić information content (AvgIpc) is 2.12. The van der Waals surface area contributed by atoms with Crippen molar-refractivity contribution in [3.8, 4) is 6.07 Å². The predicted octanol–water partition coefficient (Wildman–Crippen LogP) is 0.993. The van der Waals surface area contributed by atoms with Gasteiger partial charge >= 0.3 is 5.97 Å². The summed E-state index contributed by atoms with van der Waals surface area (Å²) in [6.07, 6.45) is 0.495. The van der Waals surface area contributed by atoms with Gasteiger partial charge in [0.2, 0.25) is 0 Å². The largest absolute Gasteiger partial charge is 0.499 e. The number of ether oxygens (including phenoxy) is 2. The highest BCUT2D eigenvalue weighted by molar-refractivity contribution is 5.93. The molecule has 0 aromatic heterocycles. The minimum absolute atomic E-state index is 0.0671. The van der Waals surface area contributed by atoms with Crippen LogP contribution in [0.5, 0.6) is 0 Å². The molecule has 4 heteroatoms. The van der Waals surface area contributed by atoms with Crippen molar-refractivity contribution in [2.45, 2.75) is 13.3 Å². The van der Waals surface area contributed by atoms with Crippen LogP contribution in [0.2, 0.25) is 0 Å². The summed E-state index contributed by atoms with van der Waals surface area (Å²) in [4.78, 5) is 10.9. The molecule has 0 saturated carbocycles. The zero-order valence-electron chi connectivity index (χ0n) is 7.38. The molecule has 0 rings (SSSR count). The summed E-state index contributed by atoms with van der Waals surface area (Å²) in [5.41, 5.74) is -0.0671. The first-order valence-electron chi connectivity index (χ1n) is 3.46. The van der Waals surface area contributed by atoms with E-state index >= 15 is 0 Å². The summed E-state index contributed by atoms with van der Waals surface area (Å²) in [5.74, 6) is -0.305. The molecule has 0 atom stereocenters. The van der Waals surface area contributed by atoms with Crippen molar-refractivity contribution >= 4 is 5.97 Å². The Kier molecular flexibility index (Phi) is 4.54. The molecular weight excluding hydrogens is 158 g/mol. The molecule has 0 aliphatic heterocycles. The minimum Gasteiger partial charge on any atom is -0.499 e. The van der Waals surface area contributed by atoms with Gasteiger partial charge in [-0.1, -0.05) is 6.92 Å². The quantitative estimate of drug-likeness (QED) is 0.273. The lowest BCUT2D eigenvalue weighted by Crippen LogP contribution is -2.07. The summed E-state index contributed by atoms with van der Waals surface area (Å²) >= 11 is 0. The van der Waals surface area contributed by atoms with Gasteiger partial charge in [-0.15, -0.1) is 0 Å². The second-order valence-corrected chi connectivity index (χ2v) is 1.96. The maximum absolute atomic E-state index is 10.9. The number of nitrogens with zero attached hydrogens (tertiary/aromatic N) is 1. The summed E-state index contributed by atoms with van der Waals surface area (Å²) in [6.45, 7) is 1.79. The van der Waals surface area contributed by atoms with Crippen molar-refractivity contribution in [1.29, 1.82) is 5.26 Å². The zero-order valence-corrected chi connectivity index (χ0v) is 7.38. The molecule has 0 bridgehead atoms. The van der Waals surface area contributed by atoms with Crippen molar-refractivity contribution < 1.29 is 14.3 Å². The standard InChI is InChI=1S/C8H11NO3/c1-4-7(11-2)6(5-9)8(10)12-3/h4H2,1-3H3/b7-6+. The van der Waals surface area contributed by atoms with E-state index in [-0.39, 0.29) is 5.57 Å². The topological polar surface area (TPSA) is 59.3 Å². The second kappa shape index (κ2) is 5.19. The molecule has 0 aromatic rings. The third-order valence-corrected chi connectivity index (χ3v) is 1.35. The van der Waals surface area contributed by atoms with Crippen molar-refractivity contribution in [3.63, 3.8) is 0 Å². The number of nitriles is 1. The number of rotatable bonds is 3. The van der Waals surface area contributed by atoms with Crippen LogP contribution < -0.4 is 0 Å². The Morgan fingerprint density at radius 2 is 2.00 bits per heavy atom. The van der Waals surface area contributed by atoms with Crippen molar-refractivity contribution in [1.82, 2.24) is 0 Å². The van der Waals surface area contributed by atoms with E-state index in [9.17, 15) is 4.79 Å². The lowest BCUT2D eigenvalue weighted by atomic mass is 10.2. The van der Waals surface area contributed by atoms with Crippen molar-refractivity contribution in [3.05, 3.63) is 11.3 Å². The van der Waals surface area contributed by atoms with Gasteiger partial charge in [0.25, 0.3) is 0 Å². The fraction of sp³-hybridized carbons (Fsp3) is 0.500. The van der Waals surface area contributed by atoms with E-state index in [1.54, 1.807) is 13.0 Å². The molecule has 0 N–H and O–H groups in total. The number of carbonyl (C=O) groups excluding carboxylic acids is 1. The molecule has 0 aromatic carbocycles. The molecule has 0 fully saturated rings. The summed E-state index contributed by atoms with van der Waals surface area (Å²) in [5, 5.41) is 8.57. The second-order valence-electron chi connectivity index (χ2n) is 1.96. The Morgan fingerprint density at radius 3 is 2.25 bits per heavy atom. The van der Waals surface area contributed by atoms with E-state index < -0.39 is 5.97 Å². The van der Waals surface area contributed by atoms with Gasteiger partial charge in [0.05, 0.1) is 14.2 Å². The number of esters is 1. The van der Waals surface area contributed by atoms with Gasteiger partial charge in [-0.2, -0.15) is 5.26 Å². The van der Waals surface area contributed by atoms with Gasteiger partial charge in [0.1, 0.15) is 11.8 Å². The normalized spacial score (nSPS) is 11.2. The summed E-state index contributed by atoms with van der Waals surface area (Å²) in [7, 11) is 2.64. The Morgan fingerprint density at radius 1 is 1.42 bits per heavy atom. The number of hydrogen-bond acceptors (Lipinski definition) is 4. The third-order valence-electron chi connectivity index (χ3n) is 1.35. The Hall–Kier alpha value is -1.50. The molecule has 0 aliphatic carbocycles. The maximum Gasteiger partial charge on any atom is 0.352 e. The minimum atomic E-state index is -0.656. The molecular formula is C8H11NO3. The maximum atomic E-state index is 10.9. The fourth-order valence-corrected chi connectivity index (χ4v) is 0.747. The molecule has 0 unspecified atom stereocenters. The zero-order chi connectivity index (χ0) is 9.56. The molecule has 0 heterocycles. The molecule has 0 saturated heterocycles. The first-order chi connectivity index (χ1) is 5.71. The number of methoxy groups -OCH3 is 2. The lowest BCUT2D eigenvalue weighted by molar-refractivity contribution is -0.135. The van der Waals surface area contributed by atoms with E-state index in [0.717, 1.165) is 0 Å². The molecule has 4 nitrogen and oxygen atoms in total. The van der Waals surface area contributed by atoms with Crippen LogP contribution in [-0.2, 0) is 14.3 Å². The monoisotopic (exact) mass is 169 g/mol. The number of carbonyl (C=O) groups is 1. The molecule has 0 amide bonds. The molecule has 12 heavy (non-hydrogen) atoms. The van der Waals surface area contributed by atoms with Crippen LogP contribution in [-0.4, -0.2) is 20.2 Å². The summed E-state index contributed by atoms with van der Waals surface area (Å²) < 4.78 is 9.22. The van der Waals surface area contributed by atoms with Gasteiger partial charge in [0, 0.05) is 6.42 Å². The predicted molar refractivity (Wildman–Crippen MR) is 42.0 cm³/mol. The molecule has 66 valence electrons. The van der Waals surface area contributed by atoms with E-state index in [4.69, 9.17) is 10.00 Å². The first kappa shape index (κ1) is 10.5. The molecule has 0 spiro atoms. The van der Waals surface area contributed by atoms with Gasteiger partial charge in [0.15, 0.2) is 5.57 Å². The van der Waals surface area contributed by atoms with Crippen molar-refractivity contribution in [2.24, 2.45) is 0 Å². The van der Waals surface area contributed by atoms with E-state index in [1.807, 2.05) is 0 Å². The van der Waals surface area contributed by atoms with E-state index in [1.165, 1.54) is 14.2 Å². The van der Waals surface area contributed by atoms with Crippen LogP contribution in [0.4, 0.5) is 0 Å². The van der Waals surface area contributed by atoms with E-state index in [2.05, 4.69) is 4.74 Å². The molecule has 0 radical (unpaired) electrons. The fourth-order valence-electron chi connectivity index (χ4n) is 0.747. The van der Waals surface area contributed by atoms with Gasteiger partial charge in [-0.05, 0) is 0 Å². The Bertz CT molecular complexity index is 231. The third kappa shape index (κ3) is 2.27. The van der Waals surface area contributed by atoms with E-state index in [0.29, 0.717) is 12.2 Å². The summed E-state index contributed by atoms with van der Waals surface area (Å²) in [6, 6.07) is 1.73. The Balaban J connectivity index is 4.85. The lowest BCUT2D eigenvalue weighted by Gasteiger charge is -2.04. The number of hydrogen-bond donors (Lipinski definition) is 0. The van der Waals surface area contributed by atoms with Crippen LogP contribution >= 0.6 is 0 Å². The Labute approximate surface area is 71.4 Å². The van der Waals surface area contributed by atoms with Crippen LogP contribution in [0, 0.1) is 11.3 Å². The van der Waals surface area contributed by atoms with Gasteiger partial charge in [-0.3, -0.25) is 0 Å². The van der Waals surface area contributed by atoms with Crippen molar-refractivity contribution in [2.75, 3.05) is 14.2 Å². The smallest absolute Gasteiger partial charge is 0.352 e. The van der Waals surface area contributed by atoms with Crippen LogP contribution in [0.25, 0.3) is 0 Å².